The summed E-state index contributed by atoms with van der Waals surface area (Å²) in [5.41, 5.74) is 0. The molecular weight excluding hydrogens is 470 g/mol. The normalized spacial score (nSPS) is 6.96. The van der Waals surface area contributed by atoms with Crippen molar-refractivity contribution >= 4 is 65.9 Å². The van der Waals surface area contributed by atoms with Crippen LogP contribution in [0.1, 0.15) is 0 Å². The Hall–Kier alpha value is 0.355. The van der Waals surface area contributed by atoms with Gasteiger partial charge in [-0.25, -0.2) is 0 Å². The second-order valence-electron chi connectivity index (χ2n) is 1.34. The molecule has 6 radical (unpaired) electrons. The molecule has 0 saturated carbocycles. The smallest absolute Gasteiger partial charge is 0.394 e. The summed E-state index contributed by atoms with van der Waals surface area (Å²) >= 11 is 0. The molecule has 25 heavy (non-hydrogen) atoms. The first-order valence-electron chi connectivity index (χ1n) is 2.10. The fraction of sp³-hybridized carbons (Fsp3) is 0. The summed E-state index contributed by atoms with van der Waals surface area (Å²) < 4.78 is 94.8. The molecule has 0 amide bonds. The van der Waals surface area contributed by atoms with Gasteiger partial charge in [0.2, 0.25) is 0 Å². The largest absolute Gasteiger partial charge is 0.412 e. The van der Waals surface area contributed by atoms with Gasteiger partial charge in [-0.05, 0) is 0 Å². The van der Waals surface area contributed by atoms with Gasteiger partial charge in [0.25, 0.3) is 0 Å². The van der Waals surface area contributed by atoms with Gasteiger partial charge in [-0.3, -0.25) is 27.3 Å². The summed E-state index contributed by atoms with van der Waals surface area (Å²) in [7, 11) is -14.0. The van der Waals surface area contributed by atoms with Gasteiger partial charge < -0.3 is 43.8 Å². The minimum atomic E-state index is -4.67. The molecule has 0 aliphatic carbocycles. The van der Waals surface area contributed by atoms with E-state index < -0.39 is 31.2 Å². The highest BCUT2D eigenvalue weighted by molar-refractivity contribution is 7.80. The van der Waals surface area contributed by atoms with E-state index in [1.165, 1.54) is 0 Å². The minimum Gasteiger partial charge on any atom is -0.412 e. The Bertz CT molecular complexity index is 344. The average Bonchev–Trinajstić information content (AvgIpc) is 1.41. The van der Waals surface area contributed by atoms with Crippen LogP contribution in [0.3, 0.4) is 0 Å². The summed E-state index contributed by atoms with van der Waals surface area (Å²) in [4.78, 5) is 0. The summed E-state index contributed by atoms with van der Waals surface area (Å²) in [5.74, 6) is 0. The zero-order chi connectivity index (χ0) is 13.5. The van der Waals surface area contributed by atoms with Crippen LogP contribution in [0, 0.1) is 0 Å². The van der Waals surface area contributed by atoms with Crippen LogP contribution in [0.25, 0.3) is 0 Å². The van der Waals surface area contributed by atoms with E-state index in [1.54, 1.807) is 0 Å². The van der Waals surface area contributed by atoms with Crippen molar-refractivity contribution in [2.45, 2.75) is 0 Å². The summed E-state index contributed by atoms with van der Waals surface area (Å²) in [6.45, 7) is 0. The highest BCUT2D eigenvalue weighted by Gasteiger charge is 1.85. The zero-order valence-electron chi connectivity index (χ0n) is 11.5. The first-order chi connectivity index (χ1) is 6.00. The predicted octanol–water partition coefficient (Wildman–Crippen LogP) is -9.32. The molecule has 20 nitrogen and oxygen atoms in total. The van der Waals surface area contributed by atoms with Crippen molar-refractivity contribution in [1.82, 2.24) is 0 Å². The second kappa shape index (κ2) is 39.4. The SMILES string of the molecule is O.O.O.O.O.O.O.O.O=S(=O)(O)O.O=S(=O)(O)O.O=S(=O)(O)O.[Al].[Al]. The Labute approximate surface area is 162 Å². The number of rotatable bonds is 0. The van der Waals surface area contributed by atoms with Crippen molar-refractivity contribution in [3.8, 4) is 0 Å². The van der Waals surface area contributed by atoms with Crippen LogP contribution < -0.4 is 0 Å². The molecule has 166 valence electrons. The summed E-state index contributed by atoms with van der Waals surface area (Å²) in [5, 5.41) is 0. The fourth-order valence-corrected chi connectivity index (χ4v) is 0. The Morgan fingerprint density at radius 3 is 0.320 bits per heavy atom. The Balaban J connectivity index is -0.00000000655. The van der Waals surface area contributed by atoms with E-state index in [1.807, 2.05) is 0 Å². The first-order valence-corrected chi connectivity index (χ1v) is 6.29. The van der Waals surface area contributed by atoms with Crippen LogP contribution in [-0.4, -0.2) is 131 Å². The predicted molar refractivity (Wildman–Crippen MR) is 83.0 cm³/mol. The molecule has 0 aliphatic rings. The lowest BCUT2D eigenvalue weighted by molar-refractivity contribution is 0.378. The molecule has 22 N–H and O–H groups in total. The Morgan fingerprint density at radius 1 is 0.320 bits per heavy atom. The Morgan fingerprint density at radius 2 is 0.320 bits per heavy atom. The molecule has 0 rings (SSSR count). The third-order valence-electron chi connectivity index (χ3n) is 0. The topological polar surface area (TPSA) is 476 Å². The third kappa shape index (κ3) is 96600. The zero-order valence-corrected chi connectivity index (χ0v) is 16.3. The van der Waals surface area contributed by atoms with E-state index >= 15 is 0 Å². The second-order valence-corrected chi connectivity index (χ2v) is 4.03. The van der Waals surface area contributed by atoms with Crippen molar-refractivity contribution in [3.05, 3.63) is 0 Å². The van der Waals surface area contributed by atoms with Gasteiger partial charge in [-0.2, -0.15) is 25.3 Å². The molecule has 0 aromatic carbocycles. The highest BCUT2D eigenvalue weighted by atomic mass is 32.3. The summed E-state index contributed by atoms with van der Waals surface area (Å²) in [6.07, 6.45) is 0. The van der Waals surface area contributed by atoms with Crippen LogP contribution >= 0.6 is 0 Å². The van der Waals surface area contributed by atoms with Gasteiger partial charge in [0, 0.05) is 34.7 Å². The molecule has 0 unspecified atom stereocenters. The van der Waals surface area contributed by atoms with Crippen LogP contribution in [0.15, 0.2) is 0 Å². The molecule has 0 bridgehead atoms. The van der Waals surface area contributed by atoms with E-state index in [0.717, 1.165) is 0 Å². The number of hydrogen-bond acceptors (Lipinski definition) is 6. The van der Waals surface area contributed by atoms with E-state index in [0.29, 0.717) is 0 Å². The van der Waals surface area contributed by atoms with Crippen LogP contribution in [-0.2, 0) is 31.2 Å². The van der Waals surface area contributed by atoms with Gasteiger partial charge in [0.1, 0.15) is 0 Å². The van der Waals surface area contributed by atoms with E-state index in [2.05, 4.69) is 0 Å². The molecule has 0 saturated heterocycles. The first kappa shape index (κ1) is 98.5. The molecule has 0 aromatic rings. The molecule has 25 heteroatoms. The molecular formula is H22Al2O20S3. The fourth-order valence-electron chi connectivity index (χ4n) is 0. The summed E-state index contributed by atoms with van der Waals surface area (Å²) in [6, 6.07) is 0. The molecule has 0 atom stereocenters. The lowest BCUT2D eigenvalue weighted by atomic mass is 15.8. The molecule has 0 fully saturated rings. The number of hydrogen-bond donors (Lipinski definition) is 6. The average molecular weight is 492 g/mol. The van der Waals surface area contributed by atoms with Gasteiger partial charge in [0.05, 0.1) is 0 Å². The van der Waals surface area contributed by atoms with Crippen molar-refractivity contribution in [2.75, 3.05) is 0 Å². The van der Waals surface area contributed by atoms with Gasteiger partial charge in [-0.15, -0.1) is 0 Å². The highest BCUT2D eigenvalue weighted by Crippen LogP contribution is 1.60. The van der Waals surface area contributed by atoms with Crippen molar-refractivity contribution < 1.29 is 96.4 Å². The maximum absolute atomic E-state index is 8.74. The van der Waals surface area contributed by atoms with E-state index in [4.69, 9.17) is 52.6 Å². The van der Waals surface area contributed by atoms with Gasteiger partial charge in [0.15, 0.2) is 0 Å². The van der Waals surface area contributed by atoms with Gasteiger partial charge in [-0.1, -0.05) is 0 Å². The maximum atomic E-state index is 8.74. The van der Waals surface area contributed by atoms with Crippen molar-refractivity contribution in [1.29, 1.82) is 0 Å². The van der Waals surface area contributed by atoms with Crippen molar-refractivity contribution in [3.63, 3.8) is 0 Å². The van der Waals surface area contributed by atoms with Gasteiger partial charge >= 0.3 is 31.2 Å². The lowest BCUT2D eigenvalue weighted by Crippen LogP contribution is -1.89. The molecule has 0 aromatic heterocycles. The Kier molecular flexibility index (Phi) is 155. The molecule has 0 aliphatic heterocycles. The quantitative estimate of drug-likeness (QED) is 0.135. The van der Waals surface area contributed by atoms with E-state index in [9.17, 15) is 0 Å². The van der Waals surface area contributed by atoms with Crippen molar-refractivity contribution in [2.24, 2.45) is 0 Å². The minimum absolute atomic E-state index is 0. The van der Waals surface area contributed by atoms with Crippen LogP contribution in [0.4, 0.5) is 0 Å². The van der Waals surface area contributed by atoms with Crippen LogP contribution in [0.2, 0.25) is 0 Å². The third-order valence-corrected chi connectivity index (χ3v) is 0. The maximum Gasteiger partial charge on any atom is 0.394 e. The monoisotopic (exact) mass is 492 g/mol. The lowest BCUT2D eigenvalue weighted by Gasteiger charge is -1.68. The molecule has 0 heterocycles. The van der Waals surface area contributed by atoms with Crippen LogP contribution in [0.5, 0.6) is 0 Å². The van der Waals surface area contributed by atoms with E-state index in [-0.39, 0.29) is 78.5 Å². The standard InChI is InChI=1S/2Al.3H2O4S.8H2O/c;;3*1-5(2,3)4;;;;;;;;/h;;3*(H2,1,2,3,4);8*1H2. The molecule has 0 spiro atoms.